The molecular weight excluding hydrogens is 468 g/mol. The van der Waals surface area contributed by atoms with Crippen molar-refractivity contribution in [3.63, 3.8) is 0 Å². The number of nitrogens with one attached hydrogen (secondary N) is 1. The van der Waals surface area contributed by atoms with Gasteiger partial charge in [0.05, 0.1) is 4.47 Å². The van der Waals surface area contributed by atoms with Gasteiger partial charge in [0.1, 0.15) is 11.8 Å². The molecule has 1 N–H and O–H groups in total. The van der Waals surface area contributed by atoms with Crippen LogP contribution in [0.25, 0.3) is 0 Å². The minimum atomic E-state index is -0.625. The van der Waals surface area contributed by atoms with Crippen molar-refractivity contribution in [2.45, 2.75) is 72.5 Å². The van der Waals surface area contributed by atoms with Gasteiger partial charge >= 0.3 is 0 Å². The molecule has 0 spiro atoms. The SMILES string of the molecule is Cc1ccccc1CN(C(=O)COc1ccc(C(C)(C)C)cc1Br)[C@H](C)C(=O)NC(C)C. The standard InChI is InChI=1S/C26H35BrN2O3/c1-17(2)28-25(31)19(4)29(15-20-11-9-8-10-18(20)3)24(30)16-32-23-13-12-21(14-22(23)27)26(5,6)7/h8-14,17,19H,15-16H2,1-7H3,(H,28,31)/t19-/m1/s1. The molecule has 0 unspecified atom stereocenters. The number of benzene rings is 2. The maximum atomic E-state index is 13.2. The summed E-state index contributed by atoms with van der Waals surface area (Å²) in [5.74, 6) is 0.172. The molecule has 6 heteroatoms. The number of carbonyl (C=O) groups excluding carboxylic acids is 2. The molecule has 0 aliphatic carbocycles. The third kappa shape index (κ3) is 7.09. The van der Waals surface area contributed by atoms with Crippen LogP contribution in [0.3, 0.4) is 0 Å². The highest BCUT2D eigenvalue weighted by molar-refractivity contribution is 9.10. The average Bonchev–Trinajstić information content (AvgIpc) is 2.70. The zero-order valence-electron chi connectivity index (χ0n) is 20.2. The maximum absolute atomic E-state index is 13.2. The van der Waals surface area contributed by atoms with E-state index in [0.717, 1.165) is 15.6 Å². The number of rotatable bonds is 8. The highest BCUT2D eigenvalue weighted by Gasteiger charge is 2.27. The summed E-state index contributed by atoms with van der Waals surface area (Å²) in [6.45, 7) is 14.2. The second kappa shape index (κ2) is 11.0. The van der Waals surface area contributed by atoms with Gasteiger partial charge < -0.3 is 15.0 Å². The van der Waals surface area contributed by atoms with E-state index in [-0.39, 0.29) is 29.9 Å². The van der Waals surface area contributed by atoms with Gasteiger partial charge in [0.25, 0.3) is 5.91 Å². The van der Waals surface area contributed by atoms with E-state index in [1.807, 2.05) is 63.2 Å². The predicted octanol–water partition coefficient (Wildman–Crippen LogP) is 5.38. The van der Waals surface area contributed by atoms with Gasteiger partial charge in [-0.25, -0.2) is 0 Å². The molecule has 1 atom stereocenters. The largest absolute Gasteiger partial charge is 0.483 e. The molecule has 5 nitrogen and oxygen atoms in total. The molecule has 0 fully saturated rings. The second-order valence-corrected chi connectivity index (χ2v) is 10.3. The summed E-state index contributed by atoms with van der Waals surface area (Å²) in [5, 5.41) is 2.90. The van der Waals surface area contributed by atoms with Crippen molar-refractivity contribution < 1.29 is 14.3 Å². The lowest BCUT2D eigenvalue weighted by molar-refractivity contribution is -0.142. The monoisotopic (exact) mass is 502 g/mol. The molecular formula is C26H35BrN2O3. The Morgan fingerprint density at radius 1 is 1.09 bits per heavy atom. The summed E-state index contributed by atoms with van der Waals surface area (Å²) in [6, 6.07) is 13.1. The fourth-order valence-electron chi connectivity index (χ4n) is 3.27. The molecule has 0 aliphatic rings. The van der Waals surface area contributed by atoms with Gasteiger partial charge in [-0.05, 0) is 77.9 Å². The summed E-state index contributed by atoms with van der Waals surface area (Å²) >= 11 is 3.56. The Morgan fingerprint density at radius 2 is 1.75 bits per heavy atom. The Kier molecular flexibility index (Phi) is 8.90. The van der Waals surface area contributed by atoms with Gasteiger partial charge in [-0.3, -0.25) is 9.59 Å². The Bertz CT molecular complexity index is 950. The summed E-state index contributed by atoms with van der Waals surface area (Å²) in [5.41, 5.74) is 3.26. The van der Waals surface area contributed by atoms with E-state index in [9.17, 15) is 9.59 Å². The third-order valence-electron chi connectivity index (χ3n) is 5.35. The highest BCUT2D eigenvalue weighted by Crippen LogP contribution is 2.31. The van der Waals surface area contributed by atoms with Crippen LogP contribution in [0.1, 0.15) is 58.2 Å². The fraction of sp³-hybridized carbons (Fsp3) is 0.462. The van der Waals surface area contributed by atoms with Crippen LogP contribution in [0.4, 0.5) is 0 Å². The Hall–Kier alpha value is -2.34. The molecule has 2 rings (SSSR count). The van der Waals surface area contributed by atoms with Gasteiger partial charge in [0.2, 0.25) is 5.91 Å². The van der Waals surface area contributed by atoms with Gasteiger partial charge in [-0.2, -0.15) is 0 Å². The molecule has 32 heavy (non-hydrogen) atoms. The van der Waals surface area contributed by atoms with E-state index in [1.165, 1.54) is 5.56 Å². The van der Waals surface area contributed by atoms with E-state index in [1.54, 1.807) is 11.8 Å². The number of hydrogen-bond donors (Lipinski definition) is 1. The van der Waals surface area contributed by atoms with Crippen LogP contribution in [0.15, 0.2) is 46.9 Å². The topological polar surface area (TPSA) is 58.6 Å². The van der Waals surface area contributed by atoms with Crippen LogP contribution in [-0.4, -0.2) is 35.4 Å². The van der Waals surface area contributed by atoms with Gasteiger partial charge in [-0.15, -0.1) is 0 Å². The highest BCUT2D eigenvalue weighted by atomic mass is 79.9. The smallest absolute Gasteiger partial charge is 0.261 e. The molecule has 0 heterocycles. The molecule has 0 radical (unpaired) electrons. The van der Waals surface area contributed by atoms with E-state index in [2.05, 4.69) is 42.0 Å². The van der Waals surface area contributed by atoms with E-state index in [0.29, 0.717) is 12.3 Å². The number of halogens is 1. The third-order valence-corrected chi connectivity index (χ3v) is 5.97. The Morgan fingerprint density at radius 3 is 2.31 bits per heavy atom. The van der Waals surface area contributed by atoms with Crippen LogP contribution in [0.2, 0.25) is 0 Å². The molecule has 2 aromatic carbocycles. The predicted molar refractivity (Wildman–Crippen MR) is 133 cm³/mol. The first-order chi connectivity index (χ1) is 14.9. The Balaban J connectivity index is 2.20. The zero-order valence-corrected chi connectivity index (χ0v) is 21.7. The fourth-order valence-corrected chi connectivity index (χ4v) is 3.76. The normalized spacial score (nSPS) is 12.4. The van der Waals surface area contributed by atoms with Crippen molar-refractivity contribution in [1.82, 2.24) is 10.2 Å². The van der Waals surface area contributed by atoms with Crippen molar-refractivity contribution >= 4 is 27.7 Å². The average molecular weight is 503 g/mol. The van der Waals surface area contributed by atoms with Crippen LogP contribution in [0.5, 0.6) is 5.75 Å². The summed E-state index contributed by atoms with van der Waals surface area (Å²) < 4.78 is 6.66. The first-order valence-electron chi connectivity index (χ1n) is 11.0. The summed E-state index contributed by atoms with van der Waals surface area (Å²) in [4.78, 5) is 27.5. The van der Waals surface area contributed by atoms with Crippen molar-refractivity contribution in [1.29, 1.82) is 0 Å². The van der Waals surface area contributed by atoms with Crippen LogP contribution >= 0.6 is 15.9 Å². The number of aryl methyl sites for hydroxylation is 1. The van der Waals surface area contributed by atoms with Crippen LogP contribution < -0.4 is 10.1 Å². The number of hydrogen-bond acceptors (Lipinski definition) is 3. The molecule has 2 aromatic rings. The molecule has 2 amide bonds. The minimum Gasteiger partial charge on any atom is -0.483 e. The lowest BCUT2D eigenvalue weighted by atomic mass is 9.87. The number of ether oxygens (including phenoxy) is 1. The molecule has 0 saturated carbocycles. The van der Waals surface area contributed by atoms with E-state index >= 15 is 0 Å². The molecule has 0 aromatic heterocycles. The first kappa shape index (κ1) is 25.9. The van der Waals surface area contributed by atoms with Gasteiger partial charge in [0.15, 0.2) is 6.61 Å². The van der Waals surface area contributed by atoms with Crippen LogP contribution in [-0.2, 0) is 21.5 Å². The van der Waals surface area contributed by atoms with E-state index < -0.39 is 6.04 Å². The first-order valence-corrected chi connectivity index (χ1v) is 11.8. The second-order valence-electron chi connectivity index (χ2n) is 9.47. The van der Waals surface area contributed by atoms with Gasteiger partial charge in [0, 0.05) is 12.6 Å². The van der Waals surface area contributed by atoms with Crippen molar-refractivity contribution in [2.75, 3.05) is 6.61 Å². The summed E-state index contributed by atoms with van der Waals surface area (Å²) in [7, 11) is 0. The van der Waals surface area contributed by atoms with Crippen molar-refractivity contribution in [3.05, 3.63) is 63.6 Å². The molecule has 0 bridgehead atoms. The maximum Gasteiger partial charge on any atom is 0.261 e. The number of carbonyl (C=O) groups is 2. The van der Waals surface area contributed by atoms with Crippen LogP contribution in [0, 0.1) is 6.92 Å². The molecule has 0 saturated heterocycles. The number of nitrogens with zero attached hydrogens (tertiary/aromatic N) is 1. The van der Waals surface area contributed by atoms with Crippen molar-refractivity contribution in [2.24, 2.45) is 0 Å². The molecule has 174 valence electrons. The van der Waals surface area contributed by atoms with Gasteiger partial charge in [-0.1, -0.05) is 51.1 Å². The van der Waals surface area contributed by atoms with Crippen molar-refractivity contribution in [3.8, 4) is 5.75 Å². The lowest BCUT2D eigenvalue weighted by Crippen LogP contribution is -2.50. The lowest BCUT2D eigenvalue weighted by Gasteiger charge is -2.30. The minimum absolute atomic E-state index is 0.00565. The Labute approximate surface area is 200 Å². The molecule has 0 aliphatic heterocycles. The quantitative estimate of drug-likeness (QED) is 0.527. The summed E-state index contributed by atoms with van der Waals surface area (Å²) in [6.07, 6.45) is 0. The number of amides is 2. The zero-order chi connectivity index (χ0) is 24.1. The van der Waals surface area contributed by atoms with E-state index in [4.69, 9.17) is 4.74 Å².